The number of alkyl halides is 1. The lowest BCUT2D eigenvalue weighted by atomic mass is 9.78. The molecule has 3 nitrogen and oxygen atoms in total. The van der Waals surface area contributed by atoms with Gasteiger partial charge in [-0.15, -0.1) is 11.6 Å². The van der Waals surface area contributed by atoms with E-state index >= 15 is 0 Å². The molecule has 1 N–H and O–H groups in total. The fourth-order valence-electron chi connectivity index (χ4n) is 1.75. The Bertz CT molecular complexity index is 401. The Hall–Kier alpha value is -0.610. The van der Waals surface area contributed by atoms with Crippen molar-refractivity contribution in [3.05, 3.63) is 28.5 Å². The highest BCUT2D eigenvalue weighted by molar-refractivity contribution is 9.10. The van der Waals surface area contributed by atoms with Crippen molar-refractivity contribution in [1.82, 2.24) is 10.3 Å². The first kappa shape index (κ1) is 11.9. The predicted molar refractivity (Wildman–Crippen MR) is 66.7 cm³/mol. The highest BCUT2D eigenvalue weighted by Crippen LogP contribution is 2.33. The Morgan fingerprint density at radius 2 is 2.38 bits per heavy atom. The van der Waals surface area contributed by atoms with Crippen molar-refractivity contribution < 1.29 is 4.79 Å². The van der Waals surface area contributed by atoms with Gasteiger partial charge in [-0.25, -0.2) is 4.98 Å². The molecular weight excluding hydrogens is 291 g/mol. The minimum Gasteiger partial charge on any atom is -0.344 e. The Kier molecular flexibility index (Phi) is 3.50. The number of aromatic nitrogens is 1. The fraction of sp³-hybridized carbons (Fsp3) is 0.455. The zero-order valence-corrected chi connectivity index (χ0v) is 11.0. The standard InChI is InChI=1S/C11H12BrClN2O/c12-8-3-1-6-14-9(8)10(16)15-11(7-13)4-2-5-11/h1,3,6H,2,4-5,7H2,(H,15,16). The van der Waals surface area contributed by atoms with Crippen LogP contribution in [-0.4, -0.2) is 22.3 Å². The van der Waals surface area contributed by atoms with Gasteiger partial charge >= 0.3 is 0 Å². The molecule has 1 heterocycles. The smallest absolute Gasteiger partial charge is 0.271 e. The number of nitrogens with zero attached hydrogens (tertiary/aromatic N) is 1. The lowest BCUT2D eigenvalue weighted by molar-refractivity contribution is 0.0847. The van der Waals surface area contributed by atoms with E-state index in [0.29, 0.717) is 16.0 Å². The number of nitrogens with one attached hydrogen (secondary N) is 1. The first-order chi connectivity index (χ1) is 7.67. The quantitative estimate of drug-likeness (QED) is 0.873. The zero-order chi connectivity index (χ0) is 11.6. The van der Waals surface area contributed by atoms with Gasteiger partial charge in [0.25, 0.3) is 5.91 Å². The fourth-order valence-corrected chi connectivity index (χ4v) is 2.52. The highest BCUT2D eigenvalue weighted by Gasteiger charge is 2.38. The number of amides is 1. The van der Waals surface area contributed by atoms with Crippen molar-refractivity contribution in [3.63, 3.8) is 0 Å². The Morgan fingerprint density at radius 1 is 1.62 bits per heavy atom. The van der Waals surface area contributed by atoms with Gasteiger partial charge in [-0.1, -0.05) is 0 Å². The van der Waals surface area contributed by atoms with Crippen LogP contribution in [0.2, 0.25) is 0 Å². The average molecular weight is 304 g/mol. The zero-order valence-electron chi connectivity index (χ0n) is 8.67. The molecule has 0 aliphatic heterocycles. The molecule has 1 aliphatic carbocycles. The molecule has 0 spiro atoms. The summed E-state index contributed by atoms with van der Waals surface area (Å²) in [6, 6.07) is 3.58. The molecule has 16 heavy (non-hydrogen) atoms. The van der Waals surface area contributed by atoms with Gasteiger partial charge in [-0.3, -0.25) is 4.79 Å². The second kappa shape index (κ2) is 4.72. The maximum absolute atomic E-state index is 12.0. The van der Waals surface area contributed by atoms with Crippen molar-refractivity contribution in [2.24, 2.45) is 0 Å². The summed E-state index contributed by atoms with van der Waals surface area (Å²) in [6.45, 7) is 0. The molecule has 86 valence electrons. The van der Waals surface area contributed by atoms with Crippen LogP contribution in [0.1, 0.15) is 29.8 Å². The third-order valence-electron chi connectivity index (χ3n) is 2.92. The van der Waals surface area contributed by atoms with Gasteiger partial charge in [-0.2, -0.15) is 0 Å². The first-order valence-corrected chi connectivity index (χ1v) is 6.49. The molecule has 1 amide bonds. The molecule has 0 aromatic carbocycles. The van der Waals surface area contributed by atoms with E-state index in [4.69, 9.17) is 11.6 Å². The normalized spacial score (nSPS) is 17.6. The van der Waals surface area contributed by atoms with E-state index in [0.717, 1.165) is 19.3 Å². The summed E-state index contributed by atoms with van der Waals surface area (Å²) >= 11 is 9.19. The number of rotatable bonds is 3. The van der Waals surface area contributed by atoms with E-state index in [9.17, 15) is 4.79 Å². The van der Waals surface area contributed by atoms with Gasteiger partial charge in [0.2, 0.25) is 0 Å². The summed E-state index contributed by atoms with van der Waals surface area (Å²) in [7, 11) is 0. The number of carbonyl (C=O) groups excluding carboxylic acids is 1. The van der Waals surface area contributed by atoms with Crippen molar-refractivity contribution in [2.45, 2.75) is 24.8 Å². The largest absolute Gasteiger partial charge is 0.344 e. The molecule has 0 saturated heterocycles. The summed E-state index contributed by atoms with van der Waals surface area (Å²) in [6.07, 6.45) is 4.63. The molecule has 1 aliphatic rings. The maximum atomic E-state index is 12.0. The summed E-state index contributed by atoms with van der Waals surface area (Å²) in [5, 5.41) is 2.97. The third kappa shape index (κ3) is 2.23. The van der Waals surface area contributed by atoms with Gasteiger partial charge in [0.05, 0.1) is 5.54 Å². The van der Waals surface area contributed by atoms with Gasteiger partial charge in [0.1, 0.15) is 5.69 Å². The molecule has 0 radical (unpaired) electrons. The highest BCUT2D eigenvalue weighted by atomic mass is 79.9. The van der Waals surface area contributed by atoms with Crippen LogP contribution in [0.3, 0.4) is 0 Å². The van der Waals surface area contributed by atoms with Crippen molar-refractivity contribution in [2.75, 3.05) is 5.88 Å². The van der Waals surface area contributed by atoms with Gasteiger partial charge in [0, 0.05) is 16.5 Å². The van der Waals surface area contributed by atoms with E-state index in [1.165, 1.54) is 0 Å². The second-order valence-corrected chi connectivity index (χ2v) is 5.18. The molecule has 1 aromatic rings. The number of halogens is 2. The van der Waals surface area contributed by atoms with Crippen LogP contribution >= 0.6 is 27.5 Å². The molecule has 0 unspecified atom stereocenters. The number of pyridine rings is 1. The van der Waals surface area contributed by atoms with Crippen LogP contribution < -0.4 is 5.32 Å². The van der Waals surface area contributed by atoms with Crippen LogP contribution in [0.4, 0.5) is 0 Å². The number of carbonyl (C=O) groups is 1. The molecule has 1 saturated carbocycles. The SMILES string of the molecule is O=C(NC1(CCl)CCC1)c1ncccc1Br. The molecule has 1 aromatic heterocycles. The molecule has 0 bridgehead atoms. The van der Waals surface area contributed by atoms with E-state index in [-0.39, 0.29) is 11.4 Å². The Balaban J connectivity index is 2.11. The first-order valence-electron chi connectivity index (χ1n) is 5.16. The van der Waals surface area contributed by atoms with E-state index < -0.39 is 0 Å². The van der Waals surface area contributed by atoms with Crippen LogP contribution in [0.5, 0.6) is 0 Å². The molecule has 5 heteroatoms. The van der Waals surface area contributed by atoms with Crippen LogP contribution in [0.15, 0.2) is 22.8 Å². The lowest BCUT2D eigenvalue weighted by Gasteiger charge is -2.40. The monoisotopic (exact) mass is 302 g/mol. The molecule has 2 rings (SSSR count). The minimum absolute atomic E-state index is 0.159. The Morgan fingerprint density at radius 3 is 2.88 bits per heavy atom. The maximum Gasteiger partial charge on any atom is 0.271 e. The molecule has 1 fully saturated rings. The van der Waals surface area contributed by atoms with E-state index in [1.54, 1.807) is 18.3 Å². The van der Waals surface area contributed by atoms with Gasteiger partial charge < -0.3 is 5.32 Å². The van der Waals surface area contributed by atoms with Gasteiger partial charge in [0.15, 0.2) is 0 Å². The van der Waals surface area contributed by atoms with E-state index in [1.807, 2.05) is 0 Å². The minimum atomic E-state index is -0.213. The summed E-state index contributed by atoms with van der Waals surface area (Å²) < 4.78 is 0.705. The van der Waals surface area contributed by atoms with Crippen LogP contribution in [0, 0.1) is 0 Å². The summed E-state index contributed by atoms with van der Waals surface area (Å²) in [5.74, 6) is 0.302. The van der Waals surface area contributed by atoms with Crippen LogP contribution in [-0.2, 0) is 0 Å². The van der Waals surface area contributed by atoms with Crippen molar-refractivity contribution in [1.29, 1.82) is 0 Å². The third-order valence-corrected chi connectivity index (χ3v) is 4.07. The molecular formula is C11H12BrClN2O. The number of hydrogen-bond donors (Lipinski definition) is 1. The average Bonchev–Trinajstić information content (AvgIpc) is 2.24. The summed E-state index contributed by atoms with van der Waals surface area (Å²) in [4.78, 5) is 16.0. The Labute approximate surface area is 108 Å². The summed E-state index contributed by atoms with van der Waals surface area (Å²) in [5.41, 5.74) is 0.203. The second-order valence-electron chi connectivity index (χ2n) is 4.06. The lowest BCUT2D eigenvalue weighted by Crippen LogP contribution is -2.55. The number of hydrogen-bond acceptors (Lipinski definition) is 2. The van der Waals surface area contributed by atoms with Crippen molar-refractivity contribution >= 4 is 33.4 Å². The van der Waals surface area contributed by atoms with Crippen LogP contribution in [0.25, 0.3) is 0 Å². The van der Waals surface area contributed by atoms with Crippen molar-refractivity contribution in [3.8, 4) is 0 Å². The predicted octanol–water partition coefficient (Wildman–Crippen LogP) is 2.74. The molecule has 0 atom stereocenters. The van der Waals surface area contributed by atoms with E-state index in [2.05, 4.69) is 26.2 Å². The topological polar surface area (TPSA) is 42.0 Å². The van der Waals surface area contributed by atoms with Gasteiger partial charge in [-0.05, 0) is 47.3 Å².